The Morgan fingerprint density at radius 2 is 1.67 bits per heavy atom. The topological polar surface area (TPSA) is 118 Å². The fourth-order valence-corrected chi connectivity index (χ4v) is 3.45. The predicted molar refractivity (Wildman–Crippen MR) is 91.6 cm³/mol. The summed E-state index contributed by atoms with van der Waals surface area (Å²) in [5.41, 5.74) is 6.16. The first-order valence-electron chi connectivity index (χ1n) is 6.87. The molecule has 130 valence electrons. The average Bonchev–Trinajstić information content (AvgIpc) is 2.47. The van der Waals surface area contributed by atoms with Gasteiger partial charge in [-0.2, -0.15) is 0 Å². The van der Waals surface area contributed by atoms with Crippen LogP contribution in [0.3, 0.4) is 0 Å². The van der Waals surface area contributed by atoms with E-state index in [0.717, 1.165) is 17.7 Å². The van der Waals surface area contributed by atoms with Crippen LogP contribution in [0.2, 0.25) is 0 Å². The fourth-order valence-electron chi connectivity index (χ4n) is 2.17. The smallest absolute Gasteiger partial charge is 0.339 e. The van der Waals surface area contributed by atoms with Crippen LogP contribution in [0.25, 0.3) is 0 Å². The van der Waals surface area contributed by atoms with E-state index in [1.165, 1.54) is 18.2 Å². The molecule has 0 aliphatic rings. The molecule has 1 atom stereocenters. The van der Waals surface area contributed by atoms with Crippen LogP contribution in [-0.2, 0) is 16.3 Å². The summed E-state index contributed by atoms with van der Waals surface area (Å²) in [7, 11) is -3.86. The molecule has 6 nitrogen and oxygen atoms in total. The molecular weight excluding hydrogens is 354 g/mol. The summed E-state index contributed by atoms with van der Waals surface area (Å²) < 4.78 is 25.1. The number of hydrogen-bond donors (Lipinski definition) is 3. The van der Waals surface area contributed by atoms with E-state index in [-0.39, 0.29) is 28.2 Å². The number of carboxylic acid groups (broad SMARTS) is 1. The van der Waals surface area contributed by atoms with Gasteiger partial charge in [0.05, 0.1) is 9.79 Å². The highest BCUT2D eigenvalue weighted by molar-refractivity contribution is 7.91. The van der Waals surface area contributed by atoms with Gasteiger partial charge in [-0.25, -0.2) is 13.2 Å². The molecule has 0 aliphatic carbocycles. The molecule has 0 fully saturated rings. The lowest BCUT2D eigenvalue weighted by molar-refractivity contribution is 0.0693. The SMILES string of the molecule is CC(N)Cc1ccc(S(=O)(=O)c2ccc(O)c(C(=O)O)c2)cc1.Cl. The van der Waals surface area contributed by atoms with Crippen molar-refractivity contribution in [2.45, 2.75) is 29.2 Å². The number of aromatic hydroxyl groups is 1. The molecular formula is C16H18ClNO5S. The van der Waals surface area contributed by atoms with Gasteiger partial charge in [-0.15, -0.1) is 12.4 Å². The van der Waals surface area contributed by atoms with Crippen molar-refractivity contribution in [2.75, 3.05) is 0 Å². The highest BCUT2D eigenvalue weighted by Crippen LogP contribution is 2.26. The second-order valence-corrected chi connectivity index (χ2v) is 7.26. The molecule has 0 spiro atoms. The zero-order valence-electron chi connectivity index (χ0n) is 12.8. The number of carbonyl (C=O) groups is 1. The minimum atomic E-state index is -3.86. The first kappa shape index (κ1) is 20.0. The first-order valence-corrected chi connectivity index (χ1v) is 8.36. The largest absolute Gasteiger partial charge is 0.507 e. The molecule has 0 aromatic heterocycles. The fraction of sp³-hybridized carbons (Fsp3) is 0.188. The van der Waals surface area contributed by atoms with Crippen molar-refractivity contribution >= 4 is 28.2 Å². The molecule has 1 unspecified atom stereocenters. The maximum atomic E-state index is 12.6. The van der Waals surface area contributed by atoms with Crippen molar-refractivity contribution in [1.29, 1.82) is 0 Å². The Morgan fingerprint density at radius 1 is 1.12 bits per heavy atom. The third kappa shape index (κ3) is 4.25. The summed E-state index contributed by atoms with van der Waals surface area (Å²) >= 11 is 0. The van der Waals surface area contributed by atoms with Gasteiger partial charge in [-0.3, -0.25) is 0 Å². The summed E-state index contributed by atoms with van der Waals surface area (Å²) in [6.45, 7) is 1.86. The van der Waals surface area contributed by atoms with Crippen LogP contribution in [-0.4, -0.2) is 30.6 Å². The number of phenols is 1. The van der Waals surface area contributed by atoms with E-state index in [4.69, 9.17) is 10.8 Å². The lowest BCUT2D eigenvalue weighted by atomic mass is 10.1. The third-order valence-electron chi connectivity index (χ3n) is 3.30. The van der Waals surface area contributed by atoms with Crippen molar-refractivity contribution in [1.82, 2.24) is 0 Å². The first-order chi connectivity index (χ1) is 10.7. The normalized spacial score (nSPS) is 12.2. The van der Waals surface area contributed by atoms with Crippen LogP contribution in [0.15, 0.2) is 52.3 Å². The van der Waals surface area contributed by atoms with Crippen molar-refractivity contribution < 1.29 is 23.4 Å². The number of carboxylic acids is 1. The van der Waals surface area contributed by atoms with E-state index in [2.05, 4.69) is 0 Å². The van der Waals surface area contributed by atoms with Gasteiger partial charge in [-0.05, 0) is 49.2 Å². The Hall–Kier alpha value is -2.09. The van der Waals surface area contributed by atoms with E-state index in [1.807, 2.05) is 6.92 Å². The van der Waals surface area contributed by atoms with Gasteiger partial charge in [0, 0.05) is 6.04 Å². The predicted octanol–water partition coefficient (Wildman–Crippen LogP) is 2.23. The number of sulfone groups is 1. The van der Waals surface area contributed by atoms with E-state index in [9.17, 15) is 18.3 Å². The Balaban J connectivity index is 0.00000288. The molecule has 0 heterocycles. The Morgan fingerprint density at radius 3 is 2.17 bits per heavy atom. The van der Waals surface area contributed by atoms with Crippen LogP contribution in [0.4, 0.5) is 0 Å². The minimum Gasteiger partial charge on any atom is -0.507 e. The lowest BCUT2D eigenvalue weighted by Gasteiger charge is -2.09. The van der Waals surface area contributed by atoms with E-state index >= 15 is 0 Å². The Labute approximate surface area is 146 Å². The molecule has 0 aliphatic heterocycles. The molecule has 0 saturated carbocycles. The van der Waals surface area contributed by atoms with Crippen molar-refractivity contribution in [2.24, 2.45) is 5.73 Å². The molecule has 0 saturated heterocycles. The van der Waals surface area contributed by atoms with Crippen LogP contribution in [0, 0.1) is 0 Å². The number of nitrogens with two attached hydrogens (primary N) is 1. The Kier molecular flexibility index (Phi) is 6.36. The lowest BCUT2D eigenvalue weighted by Crippen LogP contribution is -2.17. The van der Waals surface area contributed by atoms with Crippen molar-refractivity contribution in [3.63, 3.8) is 0 Å². The number of halogens is 1. The van der Waals surface area contributed by atoms with Crippen molar-refractivity contribution in [3.8, 4) is 5.75 Å². The number of aromatic carboxylic acids is 1. The molecule has 0 bridgehead atoms. The highest BCUT2D eigenvalue weighted by Gasteiger charge is 2.21. The average molecular weight is 372 g/mol. The maximum Gasteiger partial charge on any atom is 0.339 e. The second-order valence-electron chi connectivity index (χ2n) is 5.31. The van der Waals surface area contributed by atoms with Gasteiger partial charge in [0.2, 0.25) is 9.84 Å². The quantitative estimate of drug-likeness (QED) is 0.741. The van der Waals surface area contributed by atoms with Crippen LogP contribution < -0.4 is 5.73 Å². The highest BCUT2D eigenvalue weighted by atomic mass is 35.5. The van der Waals surface area contributed by atoms with Crippen LogP contribution in [0.1, 0.15) is 22.8 Å². The molecule has 2 aromatic carbocycles. The van der Waals surface area contributed by atoms with Gasteiger partial charge < -0.3 is 15.9 Å². The minimum absolute atomic E-state index is 0. The standard InChI is InChI=1S/C16H17NO5S.ClH/c1-10(17)8-11-2-4-12(5-3-11)23(21,22)13-6-7-15(18)14(9-13)16(19)20;/h2-7,9-10,18H,8,17H2,1H3,(H,19,20);1H. The Bertz CT molecular complexity index is 832. The summed E-state index contributed by atoms with van der Waals surface area (Å²) in [5.74, 6) is -1.88. The van der Waals surface area contributed by atoms with E-state index < -0.39 is 27.1 Å². The zero-order valence-corrected chi connectivity index (χ0v) is 14.5. The van der Waals surface area contributed by atoms with Gasteiger partial charge in [0.1, 0.15) is 11.3 Å². The number of rotatable bonds is 5. The molecule has 0 amide bonds. The summed E-state index contributed by atoms with van der Waals surface area (Å²) in [6, 6.07) is 9.41. The summed E-state index contributed by atoms with van der Waals surface area (Å²) in [5, 5.41) is 18.5. The molecule has 2 aromatic rings. The molecule has 4 N–H and O–H groups in total. The molecule has 24 heavy (non-hydrogen) atoms. The number of benzene rings is 2. The second kappa shape index (κ2) is 7.65. The summed E-state index contributed by atoms with van der Waals surface area (Å²) in [4.78, 5) is 10.9. The zero-order chi connectivity index (χ0) is 17.2. The molecule has 0 radical (unpaired) electrons. The monoisotopic (exact) mass is 371 g/mol. The maximum absolute atomic E-state index is 12.6. The van der Waals surface area contributed by atoms with Crippen molar-refractivity contribution in [3.05, 3.63) is 53.6 Å². The molecule has 8 heteroatoms. The van der Waals surface area contributed by atoms with Crippen LogP contribution >= 0.6 is 12.4 Å². The van der Waals surface area contributed by atoms with Gasteiger partial charge in [-0.1, -0.05) is 12.1 Å². The van der Waals surface area contributed by atoms with Gasteiger partial charge >= 0.3 is 5.97 Å². The third-order valence-corrected chi connectivity index (χ3v) is 5.07. The van der Waals surface area contributed by atoms with E-state index in [1.54, 1.807) is 12.1 Å². The van der Waals surface area contributed by atoms with Gasteiger partial charge in [0.15, 0.2) is 0 Å². The van der Waals surface area contributed by atoms with Gasteiger partial charge in [0.25, 0.3) is 0 Å². The van der Waals surface area contributed by atoms with Crippen LogP contribution in [0.5, 0.6) is 5.75 Å². The number of hydrogen-bond acceptors (Lipinski definition) is 5. The van der Waals surface area contributed by atoms with E-state index in [0.29, 0.717) is 6.42 Å². The summed E-state index contributed by atoms with van der Waals surface area (Å²) in [6.07, 6.45) is 0.628. The molecule has 2 rings (SSSR count).